The van der Waals surface area contributed by atoms with E-state index in [9.17, 15) is 9.90 Å². The van der Waals surface area contributed by atoms with Gasteiger partial charge in [0.2, 0.25) is 0 Å². The molecular weight excluding hydrogens is 562 g/mol. The fraction of sp³-hybridized carbons (Fsp3) is 0.0769. The second-order valence-electron chi connectivity index (χ2n) is 8.16. The molecule has 3 heterocycles. The van der Waals surface area contributed by atoms with Gasteiger partial charge in [-0.05, 0) is 80.7 Å². The highest BCUT2D eigenvalue weighted by atomic mass is 79.9. The second kappa shape index (κ2) is 7.85. The minimum Gasteiger partial charge on any atom is -0.506 e. The van der Waals surface area contributed by atoms with Gasteiger partial charge in [0.15, 0.2) is 0 Å². The summed E-state index contributed by atoms with van der Waals surface area (Å²) in [4.78, 5) is 13.4. The van der Waals surface area contributed by atoms with Crippen molar-refractivity contribution in [2.45, 2.75) is 12.8 Å². The van der Waals surface area contributed by atoms with Gasteiger partial charge >= 0.3 is 5.63 Å². The zero-order chi connectivity index (χ0) is 23.6. The maximum atomic E-state index is 13.4. The first-order valence-electron chi connectivity index (χ1n) is 10.6. The molecule has 0 spiro atoms. The minimum atomic E-state index is -0.460. The zero-order valence-electron chi connectivity index (χ0n) is 17.8. The summed E-state index contributed by atoms with van der Waals surface area (Å²) in [7, 11) is 0. The molecule has 34 heavy (non-hydrogen) atoms. The van der Waals surface area contributed by atoms with Crippen LogP contribution >= 0.6 is 31.9 Å². The van der Waals surface area contributed by atoms with Crippen molar-refractivity contribution in [3.05, 3.63) is 108 Å². The molecule has 0 saturated heterocycles. The molecule has 6 nitrogen and oxygen atoms in total. The Labute approximate surface area is 211 Å². The SMILES string of the molecule is Cc1nn(-c2ccccc2)c2c1[C@H](c1cc(Br)c(O)c(Br)c1)c1c(c3ccccc3oc1=O)N2. The predicted molar refractivity (Wildman–Crippen MR) is 139 cm³/mol. The first kappa shape index (κ1) is 21.2. The summed E-state index contributed by atoms with van der Waals surface area (Å²) < 4.78 is 8.67. The van der Waals surface area contributed by atoms with E-state index in [-0.39, 0.29) is 5.75 Å². The van der Waals surface area contributed by atoms with Crippen molar-refractivity contribution in [3.63, 3.8) is 0 Å². The number of fused-ring (bicyclic) bond motifs is 4. The maximum Gasteiger partial charge on any atom is 0.342 e. The quantitative estimate of drug-likeness (QED) is 0.222. The molecule has 3 aromatic carbocycles. The minimum absolute atomic E-state index is 0.0976. The fourth-order valence-corrected chi connectivity index (χ4v) is 5.89. The Morgan fingerprint density at radius 3 is 2.41 bits per heavy atom. The lowest BCUT2D eigenvalue weighted by Gasteiger charge is -2.28. The van der Waals surface area contributed by atoms with Crippen LogP contribution in [0, 0.1) is 6.92 Å². The molecular formula is C26H17Br2N3O3. The molecule has 2 N–H and O–H groups in total. The van der Waals surface area contributed by atoms with E-state index < -0.39 is 11.5 Å². The Kier molecular flexibility index (Phi) is 4.89. The summed E-state index contributed by atoms with van der Waals surface area (Å²) in [5.41, 5.74) is 4.69. The maximum absolute atomic E-state index is 13.4. The van der Waals surface area contributed by atoms with Crippen LogP contribution in [-0.2, 0) is 0 Å². The normalized spacial score (nSPS) is 14.5. The topological polar surface area (TPSA) is 80.3 Å². The molecule has 0 radical (unpaired) electrons. The van der Waals surface area contributed by atoms with Crippen molar-refractivity contribution in [1.29, 1.82) is 0 Å². The van der Waals surface area contributed by atoms with E-state index >= 15 is 0 Å². The molecule has 1 aliphatic rings. The molecule has 0 fully saturated rings. The van der Waals surface area contributed by atoms with Gasteiger partial charge in [-0.15, -0.1) is 0 Å². The lowest BCUT2D eigenvalue weighted by atomic mass is 9.82. The smallest absolute Gasteiger partial charge is 0.342 e. The Morgan fingerprint density at radius 1 is 1.00 bits per heavy atom. The molecule has 1 aliphatic heterocycles. The number of phenolic OH excluding ortho intramolecular Hbond substituents is 1. The molecule has 168 valence electrons. The monoisotopic (exact) mass is 577 g/mol. The summed E-state index contributed by atoms with van der Waals surface area (Å²) in [6, 6.07) is 21.0. The summed E-state index contributed by atoms with van der Waals surface area (Å²) in [5, 5.41) is 19.5. The van der Waals surface area contributed by atoms with Crippen molar-refractivity contribution >= 4 is 54.3 Å². The first-order valence-corrected chi connectivity index (χ1v) is 12.2. The molecule has 1 atom stereocenters. The Morgan fingerprint density at radius 2 is 1.68 bits per heavy atom. The third-order valence-electron chi connectivity index (χ3n) is 6.15. The summed E-state index contributed by atoms with van der Waals surface area (Å²) in [6.07, 6.45) is 0. The average Bonchev–Trinajstić information content (AvgIpc) is 3.18. The number of aromatic nitrogens is 2. The van der Waals surface area contributed by atoms with E-state index in [1.54, 1.807) is 6.07 Å². The van der Waals surface area contributed by atoms with E-state index in [1.807, 2.05) is 72.3 Å². The van der Waals surface area contributed by atoms with Crippen molar-refractivity contribution in [3.8, 4) is 11.4 Å². The van der Waals surface area contributed by atoms with Crippen LogP contribution < -0.4 is 10.9 Å². The van der Waals surface area contributed by atoms with Gasteiger partial charge in [-0.25, -0.2) is 9.48 Å². The molecule has 0 aliphatic carbocycles. The zero-order valence-corrected chi connectivity index (χ0v) is 21.0. The predicted octanol–water partition coefficient (Wildman–Crippen LogP) is 6.75. The third kappa shape index (κ3) is 3.13. The van der Waals surface area contributed by atoms with E-state index in [4.69, 9.17) is 9.52 Å². The van der Waals surface area contributed by atoms with Gasteiger partial charge in [0, 0.05) is 16.9 Å². The van der Waals surface area contributed by atoms with Gasteiger partial charge in [0.1, 0.15) is 17.2 Å². The Bertz CT molecular complexity index is 1640. The number of hydrogen-bond acceptors (Lipinski definition) is 5. The number of rotatable bonds is 2. The van der Waals surface area contributed by atoms with Gasteiger partial charge in [0.25, 0.3) is 0 Å². The molecule has 0 amide bonds. The van der Waals surface area contributed by atoms with Gasteiger partial charge in [-0.1, -0.05) is 30.3 Å². The number of halogens is 2. The molecule has 6 rings (SSSR count). The van der Waals surface area contributed by atoms with Gasteiger partial charge in [-0.3, -0.25) is 0 Å². The number of nitrogens with zero attached hydrogens (tertiary/aromatic N) is 2. The van der Waals surface area contributed by atoms with E-state index in [2.05, 4.69) is 37.2 Å². The van der Waals surface area contributed by atoms with E-state index in [0.717, 1.165) is 33.7 Å². The van der Waals surface area contributed by atoms with Crippen molar-refractivity contribution in [2.75, 3.05) is 5.32 Å². The molecule has 0 unspecified atom stereocenters. The molecule has 0 saturated carbocycles. The van der Waals surface area contributed by atoms with Crippen LogP contribution in [0.25, 0.3) is 16.7 Å². The van der Waals surface area contributed by atoms with E-state index in [0.29, 0.717) is 25.8 Å². The van der Waals surface area contributed by atoms with Crippen LogP contribution in [0.5, 0.6) is 5.75 Å². The van der Waals surface area contributed by atoms with Crippen molar-refractivity contribution in [1.82, 2.24) is 9.78 Å². The van der Waals surface area contributed by atoms with Gasteiger partial charge in [0.05, 0.1) is 31.6 Å². The summed E-state index contributed by atoms with van der Waals surface area (Å²) in [6.45, 7) is 1.94. The van der Waals surface area contributed by atoms with Crippen molar-refractivity contribution in [2.24, 2.45) is 0 Å². The second-order valence-corrected chi connectivity index (χ2v) is 9.87. The number of nitrogens with one attached hydrogen (secondary N) is 1. The van der Waals surface area contributed by atoms with Crippen LogP contribution in [0.15, 0.2) is 84.9 Å². The lowest BCUT2D eigenvalue weighted by molar-refractivity contribution is 0.468. The number of hydrogen-bond donors (Lipinski definition) is 2. The van der Waals surface area contributed by atoms with Gasteiger partial charge < -0.3 is 14.8 Å². The number of aromatic hydroxyl groups is 1. The molecule has 8 heteroatoms. The van der Waals surface area contributed by atoms with Crippen LogP contribution in [-0.4, -0.2) is 14.9 Å². The number of aryl methyl sites for hydroxylation is 1. The number of phenols is 1. The highest BCUT2D eigenvalue weighted by molar-refractivity contribution is 9.11. The average molecular weight is 579 g/mol. The van der Waals surface area contributed by atoms with Crippen molar-refractivity contribution < 1.29 is 9.52 Å². The molecule has 5 aromatic rings. The third-order valence-corrected chi connectivity index (χ3v) is 7.36. The largest absolute Gasteiger partial charge is 0.506 e. The standard InChI is InChI=1S/C26H17Br2N3O3/c1-13-20-21(14-11-17(27)24(32)18(28)12-14)22-23(16-9-5-6-10-19(16)34-26(22)33)29-25(20)31(30-13)15-7-3-2-4-8-15/h2-12,21,29,32H,1H3/t21-/m0/s1. The Hall–Kier alpha value is -3.36. The fourth-order valence-electron chi connectivity index (χ4n) is 4.67. The first-order chi connectivity index (χ1) is 16.4. The number of benzene rings is 3. The van der Waals surface area contributed by atoms with Crippen LogP contribution in [0.1, 0.15) is 28.3 Å². The van der Waals surface area contributed by atoms with Crippen LogP contribution in [0.4, 0.5) is 11.5 Å². The van der Waals surface area contributed by atoms with Crippen LogP contribution in [0.2, 0.25) is 0 Å². The number of para-hydroxylation sites is 2. The Balaban J connectivity index is 1.72. The lowest BCUT2D eigenvalue weighted by Crippen LogP contribution is -2.23. The summed E-state index contributed by atoms with van der Waals surface area (Å²) >= 11 is 6.89. The highest BCUT2D eigenvalue weighted by Crippen LogP contribution is 2.49. The van der Waals surface area contributed by atoms with E-state index in [1.165, 1.54) is 0 Å². The molecule has 0 bridgehead atoms. The molecule has 2 aromatic heterocycles. The van der Waals surface area contributed by atoms with Crippen LogP contribution in [0.3, 0.4) is 0 Å². The highest BCUT2D eigenvalue weighted by Gasteiger charge is 2.37. The van der Waals surface area contributed by atoms with Gasteiger partial charge in [-0.2, -0.15) is 5.10 Å². The number of anilines is 2. The summed E-state index contributed by atoms with van der Waals surface area (Å²) in [5.74, 6) is 0.426.